The van der Waals surface area contributed by atoms with Gasteiger partial charge < -0.3 is 10.5 Å². The number of benzene rings is 1. The van der Waals surface area contributed by atoms with Crippen LogP contribution in [0.3, 0.4) is 0 Å². The van der Waals surface area contributed by atoms with Crippen LogP contribution in [0.1, 0.15) is 21.5 Å². The number of nitrogens with zero attached hydrogens (tertiary/aromatic N) is 2. The van der Waals surface area contributed by atoms with Gasteiger partial charge in [-0.2, -0.15) is 5.10 Å². The Labute approximate surface area is 119 Å². The van der Waals surface area contributed by atoms with Crippen molar-refractivity contribution in [2.45, 2.75) is 13.5 Å². The van der Waals surface area contributed by atoms with E-state index in [1.165, 1.54) is 0 Å². The summed E-state index contributed by atoms with van der Waals surface area (Å²) in [4.78, 5) is 12.0. The molecule has 2 N–H and O–H groups in total. The topological polar surface area (TPSA) is 70.1 Å². The van der Waals surface area contributed by atoms with Crippen molar-refractivity contribution in [3.05, 3.63) is 45.7 Å². The Morgan fingerprint density at radius 1 is 1.53 bits per heavy atom. The van der Waals surface area contributed by atoms with E-state index in [1.54, 1.807) is 36.1 Å². The second-order valence-electron chi connectivity index (χ2n) is 4.27. The fourth-order valence-corrected chi connectivity index (χ4v) is 2.16. The Balaban J connectivity index is 2.12. The highest BCUT2D eigenvalue weighted by atomic mass is 79.9. The third-order valence-electron chi connectivity index (χ3n) is 2.76. The van der Waals surface area contributed by atoms with Gasteiger partial charge in [-0.15, -0.1) is 0 Å². The van der Waals surface area contributed by atoms with Crippen LogP contribution in [-0.2, 0) is 18.4 Å². The third-order valence-corrected chi connectivity index (χ3v) is 3.22. The average molecular weight is 324 g/mol. The van der Waals surface area contributed by atoms with Crippen molar-refractivity contribution >= 4 is 27.6 Å². The molecule has 0 saturated carbocycles. The Kier molecular flexibility index (Phi) is 3.90. The number of nitrogens with two attached hydrogens (primary N) is 1. The molecule has 1 aromatic carbocycles. The van der Waals surface area contributed by atoms with Crippen molar-refractivity contribution in [2.75, 3.05) is 5.73 Å². The number of carbonyl (C=O) groups excluding carboxylic acids is 1. The van der Waals surface area contributed by atoms with Crippen molar-refractivity contribution in [3.63, 3.8) is 0 Å². The minimum absolute atomic E-state index is 0.193. The van der Waals surface area contributed by atoms with Gasteiger partial charge >= 0.3 is 5.97 Å². The number of nitrogen functional groups attached to an aromatic ring is 1. The first-order valence-electron chi connectivity index (χ1n) is 5.67. The van der Waals surface area contributed by atoms with Gasteiger partial charge in [-0.1, -0.05) is 15.9 Å². The molecule has 0 fully saturated rings. The lowest BCUT2D eigenvalue weighted by Crippen LogP contribution is -2.08. The fourth-order valence-electron chi connectivity index (χ4n) is 1.69. The van der Waals surface area contributed by atoms with E-state index >= 15 is 0 Å². The summed E-state index contributed by atoms with van der Waals surface area (Å²) in [5, 5.41) is 4.01. The normalized spacial score (nSPS) is 10.5. The number of aryl methyl sites for hydroxylation is 1. The van der Waals surface area contributed by atoms with Crippen LogP contribution in [0.4, 0.5) is 5.69 Å². The maximum atomic E-state index is 12.0. The number of ether oxygens (including phenoxy) is 1. The minimum Gasteiger partial charge on any atom is -0.457 e. The molecule has 0 aliphatic heterocycles. The lowest BCUT2D eigenvalue weighted by Gasteiger charge is -2.09. The molecule has 0 aliphatic carbocycles. The predicted octanol–water partition coefficient (Wildman–Crippen LogP) is 2.43. The molecule has 0 saturated heterocycles. The van der Waals surface area contributed by atoms with Crippen LogP contribution in [0.5, 0.6) is 0 Å². The Morgan fingerprint density at radius 2 is 2.26 bits per heavy atom. The Morgan fingerprint density at radius 3 is 2.89 bits per heavy atom. The van der Waals surface area contributed by atoms with E-state index in [-0.39, 0.29) is 6.61 Å². The molecule has 0 radical (unpaired) electrons. The van der Waals surface area contributed by atoms with Crippen molar-refractivity contribution in [3.8, 4) is 0 Å². The zero-order chi connectivity index (χ0) is 14.0. The van der Waals surface area contributed by atoms with Gasteiger partial charge in [-0.05, 0) is 24.6 Å². The number of rotatable bonds is 3. The summed E-state index contributed by atoms with van der Waals surface area (Å²) >= 11 is 3.31. The van der Waals surface area contributed by atoms with Crippen LogP contribution >= 0.6 is 15.9 Å². The molecule has 2 aromatic rings. The first-order chi connectivity index (χ1) is 8.97. The molecule has 100 valence electrons. The Hall–Kier alpha value is -1.82. The van der Waals surface area contributed by atoms with E-state index in [0.717, 1.165) is 15.6 Å². The number of hydrogen-bond acceptors (Lipinski definition) is 4. The van der Waals surface area contributed by atoms with Crippen LogP contribution in [0.2, 0.25) is 0 Å². The molecule has 0 unspecified atom stereocenters. The molecule has 0 bridgehead atoms. The maximum absolute atomic E-state index is 12.0. The molecule has 0 amide bonds. The number of halogens is 1. The van der Waals surface area contributed by atoms with Gasteiger partial charge in [0.25, 0.3) is 0 Å². The molecule has 6 heteroatoms. The summed E-state index contributed by atoms with van der Waals surface area (Å²) in [5.41, 5.74) is 8.41. The van der Waals surface area contributed by atoms with Crippen LogP contribution in [-0.4, -0.2) is 15.7 Å². The Bertz CT molecular complexity index is 622. The summed E-state index contributed by atoms with van der Waals surface area (Å²) in [6.45, 7) is 1.99. The largest absolute Gasteiger partial charge is 0.457 e. The monoisotopic (exact) mass is 323 g/mol. The van der Waals surface area contributed by atoms with E-state index in [9.17, 15) is 4.79 Å². The summed E-state index contributed by atoms with van der Waals surface area (Å²) in [6, 6.07) is 3.46. The standard InChI is InChI=1S/C13H14BrN3O2/c1-8-11(3-10(14)4-12(8)15)13(18)19-7-9-5-16-17(2)6-9/h3-6H,7,15H2,1-2H3. The minimum atomic E-state index is -0.394. The number of anilines is 1. The second-order valence-corrected chi connectivity index (χ2v) is 5.18. The van der Waals surface area contributed by atoms with Crippen LogP contribution in [0.25, 0.3) is 0 Å². The smallest absolute Gasteiger partial charge is 0.338 e. The van der Waals surface area contributed by atoms with Crippen molar-refractivity contribution in [1.29, 1.82) is 0 Å². The third kappa shape index (κ3) is 3.14. The quantitative estimate of drug-likeness (QED) is 0.695. The predicted molar refractivity (Wildman–Crippen MR) is 75.6 cm³/mol. The number of esters is 1. The molecule has 0 atom stereocenters. The first kappa shape index (κ1) is 13.6. The highest BCUT2D eigenvalue weighted by molar-refractivity contribution is 9.10. The maximum Gasteiger partial charge on any atom is 0.338 e. The lowest BCUT2D eigenvalue weighted by molar-refractivity contribution is 0.0472. The van der Waals surface area contributed by atoms with Crippen LogP contribution in [0.15, 0.2) is 29.0 Å². The molecular weight excluding hydrogens is 310 g/mol. The van der Waals surface area contributed by atoms with E-state index in [4.69, 9.17) is 10.5 Å². The highest BCUT2D eigenvalue weighted by Crippen LogP contribution is 2.23. The molecule has 0 spiro atoms. The number of hydrogen-bond donors (Lipinski definition) is 1. The van der Waals surface area contributed by atoms with Crippen molar-refractivity contribution in [2.24, 2.45) is 7.05 Å². The molecule has 1 heterocycles. The van der Waals surface area contributed by atoms with Crippen LogP contribution in [0, 0.1) is 6.92 Å². The number of carbonyl (C=O) groups is 1. The van der Waals surface area contributed by atoms with E-state index in [2.05, 4.69) is 21.0 Å². The molecule has 1 aromatic heterocycles. The highest BCUT2D eigenvalue weighted by Gasteiger charge is 2.14. The van der Waals surface area contributed by atoms with Gasteiger partial charge in [-0.25, -0.2) is 4.79 Å². The van der Waals surface area contributed by atoms with Gasteiger partial charge in [0.1, 0.15) is 6.61 Å². The van der Waals surface area contributed by atoms with Gasteiger partial charge in [0.05, 0.1) is 11.8 Å². The molecule has 2 rings (SSSR count). The lowest BCUT2D eigenvalue weighted by atomic mass is 10.1. The van der Waals surface area contributed by atoms with Gasteiger partial charge in [0, 0.05) is 29.0 Å². The van der Waals surface area contributed by atoms with Gasteiger partial charge in [0.15, 0.2) is 0 Å². The fraction of sp³-hybridized carbons (Fsp3) is 0.231. The van der Waals surface area contributed by atoms with E-state index < -0.39 is 5.97 Å². The summed E-state index contributed by atoms with van der Waals surface area (Å²) in [7, 11) is 1.81. The molecule has 19 heavy (non-hydrogen) atoms. The van der Waals surface area contributed by atoms with Crippen LogP contribution < -0.4 is 5.73 Å². The van der Waals surface area contributed by atoms with Gasteiger partial charge in [-0.3, -0.25) is 4.68 Å². The van der Waals surface area contributed by atoms with E-state index in [0.29, 0.717) is 11.3 Å². The average Bonchev–Trinajstić information content (AvgIpc) is 2.76. The summed E-state index contributed by atoms with van der Waals surface area (Å²) < 4.78 is 7.66. The molecule has 5 nitrogen and oxygen atoms in total. The summed E-state index contributed by atoms with van der Waals surface area (Å²) in [6.07, 6.45) is 3.46. The first-order valence-corrected chi connectivity index (χ1v) is 6.47. The summed E-state index contributed by atoms with van der Waals surface area (Å²) in [5.74, 6) is -0.394. The second kappa shape index (κ2) is 5.44. The SMILES string of the molecule is Cc1c(N)cc(Br)cc1C(=O)OCc1cnn(C)c1. The zero-order valence-electron chi connectivity index (χ0n) is 10.7. The van der Waals surface area contributed by atoms with Crippen molar-refractivity contribution < 1.29 is 9.53 Å². The zero-order valence-corrected chi connectivity index (χ0v) is 12.3. The number of aromatic nitrogens is 2. The van der Waals surface area contributed by atoms with Crippen molar-refractivity contribution in [1.82, 2.24) is 9.78 Å². The van der Waals surface area contributed by atoms with E-state index in [1.807, 2.05) is 7.05 Å². The molecule has 0 aliphatic rings. The van der Waals surface area contributed by atoms with Gasteiger partial charge in [0.2, 0.25) is 0 Å². The molecular formula is C13H14BrN3O2.